The molecule has 1 aliphatic heterocycles. The first kappa shape index (κ1) is 17.0. The Kier molecular flexibility index (Phi) is 4.74. The van der Waals surface area contributed by atoms with Crippen molar-refractivity contribution in [2.75, 3.05) is 23.5 Å². The van der Waals surface area contributed by atoms with Gasteiger partial charge in [-0.15, -0.1) is 0 Å². The number of hydrogen-bond donors (Lipinski definition) is 0. The number of nitrogens with zero attached hydrogens (tertiary/aromatic N) is 2. The highest BCUT2D eigenvalue weighted by Gasteiger charge is 2.32. The lowest BCUT2D eigenvalue weighted by molar-refractivity contribution is -0.121. The van der Waals surface area contributed by atoms with Crippen molar-refractivity contribution in [2.24, 2.45) is 0 Å². The van der Waals surface area contributed by atoms with Crippen LogP contribution in [0.5, 0.6) is 5.75 Å². The Labute approximate surface area is 147 Å². The summed E-state index contributed by atoms with van der Waals surface area (Å²) in [4.78, 5) is 28.4. The highest BCUT2D eigenvalue weighted by Crippen LogP contribution is 2.33. The maximum absolute atomic E-state index is 13.0. The minimum Gasteiger partial charge on any atom is -0.495 e. The molecule has 0 bridgehead atoms. The van der Waals surface area contributed by atoms with Crippen LogP contribution >= 0.6 is 0 Å². The molecule has 0 aromatic heterocycles. The van der Waals surface area contributed by atoms with Gasteiger partial charge < -0.3 is 9.64 Å². The lowest BCUT2D eigenvalue weighted by Gasteiger charge is -2.28. The van der Waals surface area contributed by atoms with Crippen molar-refractivity contribution in [3.8, 4) is 5.75 Å². The van der Waals surface area contributed by atoms with Gasteiger partial charge in [-0.05, 0) is 37.1 Å². The average molecular weight is 338 g/mol. The number of anilines is 2. The van der Waals surface area contributed by atoms with Gasteiger partial charge >= 0.3 is 0 Å². The van der Waals surface area contributed by atoms with E-state index in [9.17, 15) is 9.59 Å². The molecule has 5 heteroatoms. The van der Waals surface area contributed by atoms with Crippen LogP contribution in [0.1, 0.15) is 19.4 Å². The van der Waals surface area contributed by atoms with E-state index in [1.165, 1.54) is 11.8 Å². The lowest BCUT2D eigenvalue weighted by Crippen LogP contribution is -2.44. The van der Waals surface area contributed by atoms with Crippen LogP contribution in [-0.4, -0.2) is 31.5 Å². The first-order chi connectivity index (χ1) is 12.0. The molecule has 2 aromatic carbocycles. The van der Waals surface area contributed by atoms with Gasteiger partial charge in [-0.1, -0.05) is 30.3 Å². The van der Waals surface area contributed by atoms with E-state index >= 15 is 0 Å². The van der Waals surface area contributed by atoms with Gasteiger partial charge in [-0.25, -0.2) is 0 Å². The van der Waals surface area contributed by atoms with E-state index in [0.717, 1.165) is 17.7 Å². The predicted molar refractivity (Wildman–Crippen MR) is 98.1 cm³/mol. The third kappa shape index (κ3) is 3.22. The van der Waals surface area contributed by atoms with E-state index in [0.29, 0.717) is 11.4 Å². The molecule has 2 amide bonds. The standard InChI is InChI=1S/C20H22N2O3/c1-14-12-16-8-4-5-9-17(16)22(14)20(24)13-21(15(2)23)18-10-6-7-11-19(18)25-3/h4-11,14H,12-13H2,1-3H3. The predicted octanol–water partition coefficient (Wildman–Crippen LogP) is 3.03. The fourth-order valence-corrected chi connectivity index (χ4v) is 3.38. The van der Waals surface area contributed by atoms with Crippen molar-refractivity contribution in [1.82, 2.24) is 0 Å². The molecule has 1 heterocycles. The zero-order valence-electron chi connectivity index (χ0n) is 14.7. The van der Waals surface area contributed by atoms with Crippen LogP contribution in [0.15, 0.2) is 48.5 Å². The fourth-order valence-electron chi connectivity index (χ4n) is 3.38. The molecule has 1 aliphatic rings. The highest BCUT2D eigenvalue weighted by molar-refractivity contribution is 6.04. The van der Waals surface area contributed by atoms with Crippen molar-refractivity contribution >= 4 is 23.2 Å². The molecular weight excluding hydrogens is 316 g/mol. The smallest absolute Gasteiger partial charge is 0.247 e. The topological polar surface area (TPSA) is 49.9 Å². The molecule has 0 aliphatic carbocycles. The van der Waals surface area contributed by atoms with Crippen LogP contribution in [0.2, 0.25) is 0 Å². The monoisotopic (exact) mass is 338 g/mol. The Hall–Kier alpha value is -2.82. The van der Waals surface area contributed by atoms with Crippen molar-refractivity contribution in [2.45, 2.75) is 26.3 Å². The molecule has 130 valence electrons. The molecule has 0 N–H and O–H groups in total. The zero-order chi connectivity index (χ0) is 18.0. The minimum atomic E-state index is -0.196. The second-order valence-electron chi connectivity index (χ2n) is 6.22. The molecule has 3 rings (SSSR count). The molecule has 0 radical (unpaired) electrons. The van der Waals surface area contributed by atoms with Crippen LogP contribution in [0.25, 0.3) is 0 Å². The van der Waals surface area contributed by atoms with Crippen LogP contribution in [0.3, 0.4) is 0 Å². The highest BCUT2D eigenvalue weighted by atomic mass is 16.5. The van der Waals surface area contributed by atoms with Crippen LogP contribution in [0.4, 0.5) is 11.4 Å². The largest absolute Gasteiger partial charge is 0.495 e. The lowest BCUT2D eigenvalue weighted by atomic mass is 10.1. The number of para-hydroxylation sites is 3. The van der Waals surface area contributed by atoms with Crippen LogP contribution in [-0.2, 0) is 16.0 Å². The summed E-state index contributed by atoms with van der Waals surface area (Å²) in [6, 6.07) is 15.2. The van der Waals surface area contributed by atoms with Crippen LogP contribution < -0.4 is 14.5 Å². The molecule has 0 saturated heterocycles. The van der Waals surface area contributed by atoms with E-state index in [2.05, 4.69) is 0 Å². The molecule has 5 nitrogen and oxygen atoms in total. The number of ether oxygens (including phenoxy) is 1. The minimum absolute atomic E-state index is 0.0195. The number of fused-ring (bicyclic) bond motifs is 1. The number of carbonyl (C=O) groups is 2. The number of carbonyl (C=O) groups excluding carboxylic acids is 2. The molecule has 25 heavy (non-hydrogen) atoms. The van der Waals surface area contributed by atoms with E-state index in [4.69, 9.17) is 4.74 Å². The Morgan fingerprint density at radius 1 is 1.16 bits per heavy atom. The SMILES string of the molecule is COc1ccccc1N(CC(=O)N1c2ccccc2CC1C)C(C)=O. The van der Waals surface area contributed by atoms with Gasteiger partial charge in [0.1, 0.15) is 12.3 Å². The zero-order valence-corrected chi connectivity index (χ0v) is 14.7. The molecule has 1 unspecified atom stereocenters. The summed E-state index contributed by atoms with van der Waals surface area (Å²) >= 11 is 0. The van der Waals surface area contributed by atoms with Crippen LogP contribution in [0, 0.1) is 0 Å². The summed E-state index contributed by atoms with van der Waals surface area (Å²) in [6.45, 7) is 3.47. The van der Waals surface area contributed by atoms with Crippen molar-refractivity contribution < 1.29 is 14.3 Å². The quantitative estimate of drug-likeness (QED) is 0.861. The fraction of sp³-hybridized carbons (Fsp3) is 0.300. The molecule has 0 saturated carbocycles. The van der Waals surface area contributed by atoms with Gasteiger partial charge in [0.25, 0.3) is 0 Å². The summed E-state index contributed by atoms with van der Waals surface area (Å²) in [5.41, 5.74) is 2.70. The van der Waals surface area contributed by atoms with E-state index < -0.39 is 0 Å². The average Bonchev–Trinajstić information content (AvgIpc) is 2.95. The van der Waals surface area contributed by atoms with E-state index in [-0.39, 0.29) is 24.4 Å². The summed E-state index contributed by atoms with van der Waals surface area (Å²) in [5, 5.41) is 0. The van der Waals surface area contributed by atoms with Gasteiger partial charge in [-0.3, -0.25) is 14.5 Å². The summed E-state index contributed by atoms with van der Waals surface area (Å²) < 4.78 is 5.34. The molecule has 0 spiro atoms. The third-order valence-corrected chi connectivity index (χ3v) is 4.53. The van der Waals surface area contributed by atoms with Crippen molar-refractivity contribution in [3.05, 3.63) is 54.1 Å². The molecular formula is C20H22N2O3. The molecule has 1 atom stereocenters. The number of hydrogen-bond acceptors (Lipinski definition) is 3. The Balaban J connectivity index is 1.89. The number of methoxy groups -OCH3 is 1. The van der Waals surface area contributed by atoms with Gasteiger partial charge in [0.15, 0.2) is 0 Å². The summed E-state index contributed by atoms with van der Waals surface area (Å²) in [5.74, 6) is 0.275. The number of benzene rings is 2. The maximum Gasteiger partial charge on any atom is 0.247 e. The van der Waals surface area contributed by atoms with Gasteiger partial charge in [0.2, 0.25) is 11.8 Å². The second kappa shape index (κ2) is 6.97. The Morgan fingerprint density at radius 3 is 2.56 bits per heavy atom. The summed E-state index contributed by atoms with van der Waals surface area (Å²) in [6.07, 6.45) is 0.830. The number of rotatable bonds is 4. The Morgan fingerprint density at radius 2 is 1.84 bits per heavy atom. The second-order valence-corrected chi connectivity index (χ2v) is 6.22. The molecule has 0 fully saturated rings. The molecule has 2 aromatic rings. The van der Waals surface area contributed by atoms with Crippen molar-refractivity contribution in [1.29, 1.82) is 0 Å². The van der Waals surface area contributed by atoms with Crippen molar-refractivity contribution in [3.63, 3.8) is 0 Å². The van der Waals surface area contributed by atoms with E-state index in [1.807, 2.05) is 43.3 Å². The van der Waals surface area contributed by atoms with Gasteiger partial charge in [-0.2, -0.15) is 0 Å². The third-order valence-electron chi connectivity index (χ3n) is 4.53. The Bertz CT molecular complexity index is 803. The van der Waals surface area contributed by atoms with E-state index in [1.54, 1.807) is 24.1 Å². The summed E-state index contributed by atoms with van der Waals surface area (Å²) in [7, 11) is 1.55. The first-order valence-electron chi connectivity index (χ1n) is 8.34. The van der Waals surface area contributed by atoms with Gasteiger partial charge in [0.05, 0.1) is 12.8 Å². The first-order valence-corrected chi connectivity index (χ1v) is 8.34. The maximum atomic E-state index is 13.0. The number of amides is 2. The normalized spacial score (nSPS) is 15.6. The van der Waals surface area contributed by atoms with Gasteiger partial charge in [0, 0.05) is 18.7 Å².